The Hall–Kier alpha value is -1.32. The molecule has 0 unspecified atom stereocenters. The molecule has 0 radical (unpaired) electrons. The number of aliphatic carboxylic acids is 1. The van der Waals surface area contributed by atoms with Gasteiger partial charge in [-0.15, -0.1) is 6.58 Å². The van der Waals surface area contributed by atoms with Crippen molar-refractivity contribution in [2.24, 2.45) is 0 Å². The molecule has 0 aliphatic heterocycles. The van der Waals surface area contributed by atoms with E-state index in [0.29, 0.717) is 19.4 Å². The van der Waals surface area contributed by atoms with Crippen LogP contribution in [0.3, 0.4) is 0 Å². The maximum atomic E-state index is 11.7. The lowest BCUT2D eigenvalue weighted by molar-refractivity contribution is -0.144. The summed E-state index contributed by atoms with van der Waals surface area (Å²) in [6.45, 7) is 4.32. The molecular weight excluding hydrogens is 376 g/mol. The zero-order valence-corrected chi connectivity index (χ0v) is 19.5. The van der Waals surface area contributed by atoms with Gasteiger partial charge in [0, 0.05) is 12.8 Å². The van der Waals surface area contributed by atoms with Crippen LogP contribution >= 0.6 is 0 Å². The number of esters is 1. The number of hydrogen-bond acceptors (Lipinski definition) is 3. The van der Waals surface area contributed by atoms with Gasteiger partial charge in [-0.3, -0.25) is 9.59 Å². The molecule has 0 heterocycles. The Bertz CT molecular complexity index is 406. The molecule has 0 atom stereocenters. The molecule has 0 bridgehead atoms. The van der Waals surface area contributed by atoms with Crippen LogP contribution in [0.2, 0.25) is 0 Å². The van der Waals surface area contributed by atoms with Crippen LogP contribution in [0.1, 0.15) is 135 Å². The summed E-state index contributed by atoms with van der Waals surface area (Å²) >= 11 is 0. The predicted octanol–water partition coefficient (Wildman–Crippen LogP) is 7.99. The fraction of sp³-hybridized carbons (Fsp3) is 0.846. The van der Waals surface area contributed by atoms with E-state index < -0.39 is 5.97 Å². The Kier molecular flexibility index (Phi) is 22.9. The van der Waals surface area contributed by atoms with E-state index in [4.69, 9.17) is 9.84 Å². The smallest absolute Gasteiger partial charge is 0.305 e. The van der Waals surface area contributed by atoms with Crippen molar-refractivity contribution in [3.63, 3.8) is 0 Å². The number of unbranched alkanes of at least 4 members (excludes halogenated alkanes) is 17. The number of rotatable bonds is 24. The topological polar surface area (TPSA) is 63.6 Å². The first-order valence-electron chi connectivity index (χ1n) is 12.6. The number of carboxylic acid groups (broad SMARTS) is 1. The van der Waals surface area contributed by atoms with Crippen molar-refractivity contribution >= 4 is 11.9 Å². The van der Waals surface area contributed by atoms with Gasteiger partial charge in [0.1, 0.15) is 0 Å². The average Bonchev–Trinajstić information content (AvgIpc) is 2.72. The second-order valence-electron chi connectivity index (χ2n) is 8.56. The van der Waals surface area contributed by atoms with Crippen molar-refractivity contribution in [3.05, 3.63) is 12.7 Å². The fourth-order valence-corrected chi connectivity index (χ4v) is 3.67. The minimum Gasteiger partial charge on any atom is -0.481 e. The van der Waals surface area contributed by atoms with Crippen LogP contribution in [-0.2, 0) is 14.3 Å². The van der Waals surface area contributed by atoms with E-state index in [1.165, 1.54) is 77.0 Å². The third-order valence-corrected chi connectivity index (χ3v) is 5.59. The Morgan fingerprint density at radius 2 is 1.00 bits per heavy atom. The maximum Gasteiger partial charge on any atom is 0.305 e. The molecule has 4 nitrogen and oxygen atoms in total. The van der Waals surface area contributed by atoms with E-state index in [-0.39, 0.29) is 5.97 Å². The molecule has 0 amide bonds. The predicted molar refractivity (Wildman–Crippen MR) is 126 cm³/mol. The molecule has 0 fully saturated rings. The van der Waals surface area contributed by atoms with Gasteiger partial charge in [-0.05, 0) is 32.1 Å². The summed E-state index contributed by atoms with van der Waals surface area (Å²) in [4.78, 5) is 22.1. The molecule has 0 saturated carbocycles. The fourth-order valence-electron chi connectivity index (χ4n) is 3.67. The number of ether oxygens (including phenoxy) is 1. The highest BCUT2D eigenvalue weighted by Gasteiger charge is 2.02. The number of allylic oxidation sites excluding steroid dienone is 1. The number of carbonyl (C=O) groups is 2. The summed E-state index contributed by atoms with van der Waals surface area (Å²) in [6.07, 6.45) is 25.2. The van der Waals surface area contributed by atoms with Gasteiger partial charge in [0.2, 0.25) is 0 Å². The van der Waals surface area contributed by atoms with Crippen molar-refractivity contribution in [3.8, 4) is 0 Å². The normalized spacial score (nSPS) is 10.8. The summed E-state index contributed by atoms with van der Waals surface area (Å²) < 4.78 is 5.33. The van der Waals surface area contributed by atoms with Crippen molar-refractivity contribution in [2.75, 3.05) is 6.61 Å². The lowest BCUT2D eigenvalue weighted by atomic mass is 10.0. The van der Waals surface area contributed by atoms with Crippen LogP contribution < -0.4 is 0 Å². The number of hydrogen-bond donors (Lipinski definition) is 1. The molecule has 0 aliphatic carbocycles. The second kappa shape index (κ2) is 24.0. The van der Waals surface area contributed by atoms with Gasteiger partial charge < -0.3 is 9.84 Å². The SMILES string of the molecule is C=CCCCCCCCCC(=O)OCCCCCCCCCCCCCCC(=O)O. The summed E-state index contributed by atoms with van der Waals surface area (Å²) in [5.74, 6) is -0.700. The van der Waals surface area contributed by atoms with Crippen molar-refractivity contribution in [1.29, 1.82) is 0 Å². The van der Waals surface area contributed by atoms with Crippen LogP contribution in [-0.4, -0.2) is 23.7 Å². The zero-order chi connectivity index (χ0) is 22.1. The number of carbonyl (C=O) groups excluding carboxylic acids is 1. The third-order valence-electron chi connectivity index (χ3n) is 5.59. The van der Waals surface area contributed by atoms with Crippen LogP contribution in [0.5, 0.6) is 0 Å². The van der Waals surface area contributed by atoms with E-state index >= 15 is 0 Å². The molecule has 0 rings (SSSR count). The highest BCUT2D eigenvalue weighted by Crippen LogP contribution is 2.13. The van der Waals surface area contributed by atoms with E-state index in [2.05, 4.69) is 6.58 Å². The van der Waals surface area contributed by atoms with Crippen molar-refractivity contribution in [1.82, 2.24) is 0 Å². The summed E-state index contributed by atoms with van der Waals surface area (Å²) in [7, 11) is 0. The van der Waals surface area contributed by atoms with Crippen LogP contribution in [0.25, 0.3) is 0 Å². The first-order chi connectivity index (χ1) is 14.7. The lowest BCUT2D eigenvalue weighted by Gasteiger charge is -2.05. The average molecular weight is 425 g/mol. The van der Waals surface area contributed by atoms with E-state index in [1.54, 1.807) is 0 Å². The minimum absolute atomic E-state index is 0.0235. The summed E-state index contributed by atoms with van der Waals surface area (Å²) in [6, 6.07) is 0. The molecule has 176 valence electrons. The quantitative estimate of drug-likeness (QED) is 0.0968. The Morgan fingerprint density at radius 3 is 1.47 bits per heavy atom. The van der Waals surface area contributed by atoms with E-state index in [9.17, 15) is 9.59 Å². The first-order valence-corrected chi connectivity index (χ1v) is 12.6. The molecule has 0 aromatic carbocycles. The zero-order valence-electron chi connectivity index (χ0n) is 19.5. The van der Waals surface area contributed by atoms with Crippen LogP contribution in [0.15, 0.2) is 12.7 Å². The van der Waals surface area contributed by atoms with Gasteiger partial charge in [-0.1, -0.05) is 96.0 Å². The van der Waals surface area contributed by atoms with Gasteiger partial charge in [-0.25, -0.2) is 0 Å². The minimum atomic E-state index is -0.676. The molecule has 0 aliphatic rings. The number of carboxylic acids is 1. The molecule has 30 heavy (non-hydrogen) atoms. The van der Waals surface area contributed by atoms with Crippen molar-refractivity contribution < 1.29 is 19.4 Å². The van der Waals surface area contributed by atoms with Crippen molar-refractivity contribution in [2.45, 2.75) is 135 Å². The molecule has 0 aromatic rings. The molecule has 1 N–H and O–H groups in total. The molecular formula is C26H48O4. The molecule has 0 saturated heterocycles. The Morgan fingerprint density at radius 1 is 0.600 bits per heavy atom. The lowest BCUT2D eigenvalue weighted by Crippen LogP contribution is -2.05. The van der Waals surface area contributed by atoms with E-state index in [1.807, 2.05) is 6.08 Å². The Labute approximate surface area is 185 Å². The van der Waals surface area contributed by atoms with Gasteiger partial charge in [0.25, 0.3) is 0 Å². The second-order valence-corrected chi connectivity index (χ2v) is 8.56. The standard InChI is InChI=1S/C26H48O4/c1-2-3-4-5-6-14-17-20-23-26(29)30-24-21-18-15-12-10-8-7-9-11-13-16-19-22-25(27)28/h2H,1,3-24H2,(H,27,28). The first kappa shape index (κ1) is 28.7. The molecule has 4 heteroatoms. The van der Waals surface area contributed by atoms with Crippen LogP contribution in [0, 0.1) is 0 Å². The molecule has 0 spiro atoms. The third kappa shape index (κ3) is 24.7. The Balaban J connectivity index is 3.15. The van der Waals surface area contributed by atoms with Gasteiger partial charge in [0.15, 0.2) is 0 Å². The monoisotopic (exact) mass is 424 g/mol. The highest BCUT2D eigenvalue weighted by atomic mass is 16.5. The summed E-state index contributed by atoms with van der Waals surface area (Å²) in [5, 5.41) is 8.58. The maximum absolute atomic E-state index is 11.7. The highest BCUT2D eigenvalue weighted by molar-refractivity contribution is 5.69. The van der Waals surface area contributed by atoms with Gasteiger partial charge in [0.05, 0.1) is 6.61 Å². The molecule has 0 aromatic heterocycles. The summed E-state index contributed by atoms with van der Waals surface area (Å²) in [5.41, 5.74) is 0. The van der Waals surface area contributed by atoms with E-state index in [0.717, 1.165) is 44.9 Å². The van der Waals surface area contributed by atoms with Gasteiger partial charge >= 0.3 is 11.9 Å². The largest absolute Gasteiger partial charge is 0.481 e. The van der Waals surface area contributed by atoms with Crippen LogP contribution in [0.4, 0.5) is 0 Å². The van der Waals surface area contributed by atoms with Gasteiger partial charge in [-0.2, -0.15) is 0 Å².